The quantitative estimate of drug-likeness (QED) is 0.420. The highest BCUT2D eigenvalue weighted by Gasteiger charge is 2.31. The van der Waals surface area contributed by atoms with Crippen molar-refractivity contribution in [2.24, 2.45) is 0 Å². The van der Waals surface area contributed by atoms with Crippen LogP contribution >= 0.6 is 0 Å². The molecule has 35 heavy (non-hydrogen) atoms. The molecular formula is C25H35N3O6S. The number of hydrogen-bond acceptors (Lipinski definition) is 6. The van der Waals surface area contributed by atoms with Gasteiger partial charge in [0.15, 0.2) is 0 Å². The lowest BCUT2D eigenvalue weighted by molar-refractivity contribution is -0.139. The number of sulfonamides is 1. The van der Waals surface area contributed by atoms with Crippen molar-refractivity contribution in [1.82, 2.24) is 10.2 Å². The summed E-state index contributed by atoms with van der Waals surface area (Å²) in [6.07, 6.45) is 2.77. The third-order valence-corrected chi connectivity index (χ3v) is 6.67. The molecule has 10 heteroatoms. The van der Waals surface area contributed by atoms with Crippen LogP contribution in [0.5, 0.6) is 11.5 Å². The highest BCUT2D eigenvalue weighted by atomic mass is 32.2. The van der Waals surface area contributed by atoms with E-state index in [9.17, 15) is 18.0 Å². The maximum absolute atomic E-state index is 13.6. The van der Waals surface area contributed by atoms with Gasteiger partial charge < -0.3 is 19.7 Å². The zero-order chi connectivity index (χ0) is 26.0. The summed E-state index contributed by atoms with van der Waals surface area (Å²) in [5, 5.41) is 2.85. The van der Waals surface area contributed by atoms with Gasteiger partial charge in [-0.2, -0.15) is 0 Å². The number of unbranched alkanes of at least 4 members (excludes halogenated alkanes) is 1. The summed E-state index contributed by atoms with van der Waals surface area (Å²) in [5.41, 5.74) is 1.02. The van der Waals surface area contributed by atoms with Crippen molar-refractivity contribution in [3.05, 3.63) is 54.1 Å². The van der Waals surface area contributed by atoms with Gasteiger partial charge in [0.2, 0.25) is 21.8 Å². The van der Waals surface area contributed by atoms with Crippen molar-refractivity contribution in [3.8, 4) is 11.5 Å². The van der Waals surface area contributed by atoms with Gasteiger partial charge in [-0.3, -0.25) is 13.9 Å². The van der Waals surface area contributed by atoms with Crippen LogP contribution in [0.2, 0.25) is 0 Å². The minimum atomic E-state index is -3.84. The number of methoxy groups -OCH3 is 2. The zero-order valence-corrected chi connectivity index (χ0v) is 21.8. The Morgan fingerprint density at radius 1 is 1.03 bits per heavy atom. The van der Waals surface area contributed by atoms with E-state index in [-0.39, 0.29) is 18.1 Å². The number of rotatable bonds is 13. The molecule has 2 aromatic carbocycles. The van der Waals surface area contributed by atoms with Crippen LogP contribution in [0.25, 0.3) is 0 Å². The van der Waals surface area contributed by atoms with Gasteiger partial charge in [0.25, 0.3) is 0 Å². The van der Waals surface area contributed by atoms with Gasteiger partial charge in [-0.15, -0.1) is 0 Å². The van der Waals surface area contributed by atoms with E-state index in [0.29, 0.717) is 18.0 Å². The van der Waals surface area contributed by atoms with Crippen molar-refractivity contribution in [1.29, 1.82) is 0 Å². The lowest BCUT2D eigenvalue weighted by atomic mass is 10.1. The summed E-state index contributed by atoms with van der Waals surface area (Å²) in [6, 6.07) is 12.9. The fourth-order valence-electron chi connectivity index (χ4n) is 3.48. The van der Waals surface area contributed by atoms with Crippen LogP contribution in [-0.2, 0) is 26.2 Å². The number of anilines is 1. The molecule has 0 aliphatic rings. The van der Waals surface area contributed by atoms with Gasteiger partial charge in [0, 0.05) is 13.1 Å². The Morgan fingerprint density at radius 3 is 2.26 bits per heavy atom. The maximum Gasteiger partial charge on any atom is 0.244 e. The van der Waals surface area contributed by atoms with Crippen LogP contribution in [0.4, 0.5) is 5.69 Å². The molecule has 0 aliphatic heterocycles. The summed E-state index contributed by atoms with van der Waals surface area (Å²) in [4.78, 5) is 27.8. The lowest BCUT2D eigenvalue weighted by Gasteiger charge is -2.31. The monoisotopic (exact) mass is 505 g/mol. The molecule has 0 heterocycles. The number of hydrogen-bond donors (Lipinski definition) is 1. The molecule has 0 spiro atoms. The largest absolute Gasteiger partial charge is 0.497 e. The number of carbonyl (C=O) groups excluding carboxylic acids is 2. The third-order valence-electron chi connectivity index (χ3n) is 5.54. The predicted octanol–water partition coefficient (Wildman–Crippen LogP) is 2.80. The summed E-state index contributed by atoms with van der Waals surface area (Å²) >= 11 is 0. The van der Waals surface area contributed by atoms with Crippen LogP contribution in [0.1, 0.15) is 32.3 Å². The summed E-state index contributed by atoms with van der Waals surface area (Å²) in [5.74, 6) is 0.160. The molecule has 0 aromatic heterocycles. The van der Waals surface area contributed by atoms with E-state index in [1.807, 2.05) is 6.92 Å². The van der Waals surface area contributed by atoms with E-state index < -0.39 is 28.5 Å². The van der Waals surface area contributed by atoms with Crippen molar-refractivity contribution in [2.75, 3.05) is 37.9 Å². The van der Waals surface area contributed by atoms with E-state index in [2.05, 4.69) is 5.32 Å². The molecule has 2 aromatic rings. The highest BCUT2D eigenvalue weighted by Crippen LogP contribution is 2.29. The first-order valence-corrected chi connectivity index (χ1v) is 13.3. The van der Waals surface area contributed by atoms with E-state index in [1.54, 1.807) is 62.6 Å². The minimum Gasteiger partial charge on any atom is -0.497 e. The number of nitrogens with one attached hydrogen (secondary N) is 1. The van der Waals surface area contributed by atoms with Gasteiger partial charge in [-0.05, 0) is 43.2 Å². The van der Waals surface area contributed by atoms with Crippen molar-refractivity contribution in [2.45, 2.75) is 39.3 Å². The number of benzene rings is 2. The molecule has 9 nitrogen and oxygen atoms in total. The first-order valence-electron chi connectivity index (χ1n) is 11.4. The summed E-state index contributed by atoms with van der Waals surface area (Å²) in [6.45, 7) is 3.79. The van der Waals surface area contributed by atoms with Crippen molar-refractivity contribution in [3.63, 3.8) is 0 Å². The second-order valence-electron chi connectivity index (χ2n) is 8.13. The Hall–Kier alpha value is -3.27. The fraction of sp³-hybridized carbons (Fsp3) is 0.440. The average Bonchev–Trinajstić information content (AvgIpc) is 2.85. The number of ether oxygens (including phenoxy) is 2. The van der Waals surface area contributed by atoms with Gasteiger partial charge in [-0.1, -0.05) is 37.6 Å². The SMILES string of the molecule is CCCCNC(=O)[C@H](C)N(Cc1ccc(OC)cc1)C(=O)CN(c1ccccc1OC)S(C)(=O)=O. The van der Waals surface area contributed by atoms with Crippen molar-refractivity contribution < 1.29 is 27.5 Å². The van der Waals surface area contributed by atoms with Gasteiger partial charge in [0.05, 0.1) is 26.2 Å². The van der Waals surface area contributed by atoms with E-state index in [1.165, 1.54) is 12.0 Å². The Kier molecular flexibility index (Phi) is 10.4. The number of amides is 2. The molecule has 0 saturated heterocycles. The fourth-order valence-corrected chi connectivity index (χ4v) is 4.33. The van der Waals surface area contributed by atoms with Gasteiger partial charge in [0.1, 0.15) is 24.1 Å². The van der Waals surface area contributed by atoms with Crippen LogP contribution < -0.4 is 19.1 Å². The highest BCUT2D eigenvalue weighted by molar-refractivity contribution is 7.92. The molecule has 1 N–H and O–H groups in total. The average molecular weight is 506 g/mol. The van der Waals surface area contributed by atoms with E-state index >= 15 is 0 Å². The first-order chi connectivity index (χ1) is 16.6. The molecule has 0 saturated carbocycles. The topological polar surface area (TPSA) is 105 Å². The maximum atomic E-state index is 13.6. The van der Waals surface area contributed by atoms with Gasteiger partial charge in [-0.25, -0.2) is 8.42 Å². The molecule has 2 amide bonds. The second kappa shape index (κ2) is 13.0. The molecule has 0 aliphatic carbocycles. The molecule has 0 fully saturated rings. The molecule has 0 unspecified atom stereocenters. The number of para-hydroxylation sites is 2. The van der Waals surface area contributed by atoms with Gasteiger partial charge >= 0.3 is 0 Å². The van der Waals surface area contributed by atoms with Crippen molar-refractivity contribution >= 4 is 27.5 Å². The summed E-state index contributed by atoms with van der Waals surface area (Å²) in [7, 11) is -0.845. The third kappa shape index (κ3) is 7.88. The summed E-state index contributed by atoms with van der Waals surface area (Å²) < 4.78 is 36.8. The normalized spacial score (nSPS) is 11.9. The predicted molar refractivity (Wildman–Crippen MR) is 136 cm³/mol. The molecule has 192 valence electrons. The lowest BCUT2D eigenvalue weighted by Crippen LogP contribution is -2.51. The zero-order valence-electron chi connectivity index (χ0n) is 21.0. The number of carbonyl (C=O) groups is 2. The Bertz CT molecular complexity index is 1090. The van der Waals surface area contributed by atoms with E-state index in [4.69, 9.17) is 9.47 Å². The molecular weight excluding hydrogens is 470 g/mol. The molecule has 2 rings (SSSR count). The van der Waals surface area contributed by atoms with E-state index in [0.717, 1.165) is 29.0 Å². The Morgan fingerprint density at radius 2 is 1.69 bits per heavy atom. The molecule has 1 atom stereocenters. The second-order valence-corrected chi connectivity index (χ2v) is 10.0. The minimum absolute atomic E-state index is 0.120. The Balaban J connectivity index is 2.38. The van der Waals surface area contributed by atoms with Crippen LogP contribution in [-0.4, -0.2) is 64.7 Å². The van der Waals surface area contributed by atoms with Crippen LogP contribution in [0.3, 0.4) is 0 Å². The van der Waals surface area contributed by atoms with Crippen LogP contribution in [0.15, 0.2) is 48.5 Å². The smallest absolute Gasteiger partial charge is 0.244 e. The standard InChI is InChI=1S/C25H35N3O6S/c1-6-7-16-26-25(30)19(2)27(17-20-12-14-21(33-3)15-13-20)24(29)18-28(35(5,31)32)22-10-8-9-11-23(22)34-4/h8-15,19H,6-7,16-18H2,1-5H3,(H,26,30)/t19-/m0/s1. The first kappa shape index (κ1) is 28.0. The number of nitrogens with zero attached hydrogens (tertiary/aromatic N) is 2. The van der Waals surface area contributed by atoms with Crippen LogP contribution in [0, 0.1) is 0 Å². The molecule has 0 radical (unpaired) electrons. The Labute approximate surface area is 208 Å². The molecule has 0 bridgehead atoms.